The molecule has 11 heteroatoms. The van der Waals surface area contributed by atoms with Crippen LogP contribution in [0.2, 0.25) is 0 Å². The molecule has 2 unspecified atom stereocenters. The van der Waals surface area contributed by atoms with Crippen molar-refractivity contribution in [1.29, 1.82) is 0 Å². The molecule has 0 fully saturated rings. The summed E-state index contributed by atoms with van der Waals surface area (Å²) in [6.45, 7) is 0. The van der Waals surface area contributed by atoms with Crippen LogP contribution in [-0.2, 0) is 22.4 Å². The van der Waals surface area contributed by atoms with E-state index in [9.17, 15) is 35.9 Å². The molecule has 33 heavy (non-hydrogen) atoms. The minimum atomic E-state index is -4.54. The fraction of sp³-hybridized carbons (Fsp3) is 0.364. The van der Waals surface area contributed by atoms with E-state index in [1.165, 1.54) is 0 Å². The summed E-state index contributed by atoms with van der Waals surface area (Å²) in [4.78, 5) is 19.6. The van der Waals surface area contributed by atoms with E-state index in [1.807, 2.05) is 0 Å². The molecule has 2 rings (SSSR count). The van der Waals surface area contributed by atoms with E-state index >= 15 is 0 Å². The lowest BCUT2D eigenvalue weighted by Gasteiger charge is -2.24. The fourth-order valence-corrected chi connectivity index (χ4v) is 3.30. The Morgan fingerprint density at radius 1 is 0.818 bits per heavy atom. The number of carbonyl (C=O) groups is 2. The van der Waals surface area contributed by atoms with Crippen LogP contribution in [0.5, 0.6) is 0 Å². The molecule has 0 saturated heterocycles. The van der Waals surface area contributed by atoms with Gasteiger partial charge in [-0.05, 0) is 29.1 Å². The summed E-state index contributed by atoms with van der Waals surface area (Å²) in [6.07, 6.45) is -12.1. The maximum absolute atomic E-state index is 12.3. The second-order valence-electron chi connectivity index (χ2n) is 7.24. The van der Waals surface area contributed by atoms with Crippen LogP contribution >= 0.6 is 23.2 Å². The molecule has 0 bridgehead atoms. The molecule has 0 aromatic heterocycles. The summed E-state index contributed by atoms with van der Waals surface area (Å²) in [5, 5.41) is 7.50. The van der Waals surface area contributed by atoms with Gasteiger partial charge >= 0.3 is 18.3 Å². The second-order valence-corrected chi connectivity index (χ2v) is 8.30. The minimum Gasteiger partial charge on any atom is -0.481 e. The molecule has 3 nitrogen and oxygen atoms in total. The predicted molar refractivity (Wildman–Crippen MR) is 112 cm³/mol. The standard InChI is InChI=1S/C11H9Cl2F3O.C11H11F3O2/c12-9(17)10(13,7-11(14,15)16)6-8-4-2-1-3-5-8;12-11(13,14)7-9(10(15)16)6-8-4-2-1-3-5-8/h1-5H,6-7H2;1-5,9H,6-7H2,(H,15,16). The van der Waals surface area contributed by atoms with Crippen molar-refractivity contribution in [2.75, 3.05) is 0 Å². The van der Waals surface area contributed by atoms with Crippen molar-refractivity contribution < 1.29 is 41.0 Å². The maximum atomic E-state index is 12.3. The molecule has 0 radical (unpaired) electrons. The van der Waals surface area contributed by atoms with Crippen molar-refractivity contribution in [3.05, 3.63) is 71.8 Å². The van der Waals surface area contributed by atoms with E-state index in [0.29, 0.717) is 11.1 Å². The molecule has 182 valence electrons. The Labute approximate surface area is 196 Å². The number of hydrogen-bond acceptors (Lipinski definition) is 2. The van der Waals surface area contributed by atoms with E-state index in [0.717, 1.165) is 0 Å². The van der Waals surface area contributed by atoms with Crippen LogP contribution in [0, 0.1) is 5.92 Å². The third-order valence-corrected chi connectivity index (χ3v) is 5.21. The quantitative estimate of drug-likeness (QED) is 0.238. The van der Waals surface area contributed by atoms with Gasteiger partial charge in [-0.15, -0.1) is 11.6 Å². The molecule has 2 atom stereocenters. The van der Waals surface area contributed by atoms with Gasteiger partial charge in [-0.1, -0.05) is 60.7 Å². The number of halogens is 8. The lowest BCUT2D eigenvalue weighted by molar-refractivity contribution is -0.163. The Kier molecular flexibility index (Phi) is 10.7. The topological polar surface area (TPSA) is 54.4 Å². The van der Waals surface area contributed by atoms with Gasteiger partial charge in [-0.25, -0.2) is 0 Å². The van der Waals surface area contributed by atoms with Crippen LogP contribution in [0.3, 0.4) is 0 Å². The largest absolute Gasteiger partial charge is 0.481 e. The Morgan fingerprint density at radius 2 is 1.27 bits per heavy atom. The first-order chi connectivity index (χ1) is 15.1. The van der Waals surface area contributed by atoms with Gasteiger partial charge in [0.25, 0.3) is 0 Å². The molecule has 0 spiro atoms. The van der Waals surface area contributed by atoms with Crippen molar-refractivity contribution in [2.45, 2.75) is 42.9 Å². The molecule has 0 saturated carbocycles. The first-order valence-corrected chi connectivity index (χ1v) is 10.2. The highest BCUT2D eigenvalue weighted by Crippen LogP contribution is 2.36. The number of carboxylic acids is 1. The van der Waals surface area contributed by atoms with Crippen molar-refractivity contribution in [1.82, 2.24) is 0 Å². The summed E-state index contributed by atoms with van der Waals surface area (Å²) >= 11 is 10.9. The van der Waals surface area contributed by atoms with Crippen LogP contribution in [0.15, 0.2) is 60.7 Å². The maximum Gasteiger partial charge on any atom is 0.391 e. The molecular weight excluding hydrogens is 497 g/mol. The zero-order chi connectivity index (χ0) is 25.3. The zero-order valence-electron chi connectivity index (χ0n) is 17.0. The molecule has 0 aliphatic heterocycles. The van der Waals surface area contributed by atoms with Crippen LogP contribution in [0.1, 0.15) is 24.0 Å². The molecule has 2 aromatic rings. The normalized spacial score (nSPS) is 14.4. The number of rotatable bonds is 8. The number of hydrogen-bond donors (Lipinski definition) is 1. The monoisotopic (exact) mass is 516 g/mol. The number of carboxylic acid groups (broad SMARTS) is 1. The minimum absolute atomic E-state index is 0.102. The van der Waals surface area contributed by atoms with Crippen LogP contribution in [0.25, 0.3) is 0 Å². The predicted octanol–water partition coefficient (Wildman–Crippen LogP) is 6.81. The summed E-state index contributed by atoms with van der Waals surface area (Å²) in [6, 6.07) is 16.5. The van der Waals surface area contributed by atoms with Crippen molar-refractivity contribution in [3.8, 4) is 0 Å². The van der Waals surface area contributed by atoms with Gasteiger partial charge < -0.3 is 5.11 Å². The second kappa shape index (κ2) is 12.3. The Bertz CT molecular complexity index is 888. The molecule has 0 aliphatic carbocycles. The van der Waals surface area contributed by atoms with Gasteiger partial charge in [0.2, 0.25) is 5.24 Å². The van der Waals surface area contributed by atoms with E-state index in [-0.39, 0.29) is 12.8 Å². The highest BCUT2D eigenvalue weighted by molar-refractivity contribution is 6.70. The Morgan fingerprint density at radius 3 is 1.64 bits per heavy atom. The molecule has 0 aliphatic rings. The summed E-state index contributed by atoms with van der Waals surface area (Å²) < 4.78 is 73.3. The average Bonchev–Trinajstić information content (AvgIpc) is 2.67. The Balaban J connectivity index is 0.000000331. The molecule has 0 heterocycles. The average molecular weight is 517 g/mol. The van der Waals surface area contributed by atoms with E-state index in [4.69, 9.17) is 28.3 Å². The number of benzene rings is 2. The van der Waals surface area contributed by atoms with Gasteiger partial charge in [0.05, 0.1) is 18.8 Å². The van der Waals surface area contributed by atoms with Crippen molar-refractivity contribution >= 4 is 34.4 Å². The number of aliphatic carboxylic acids is 1. The third-order valence-electron chi connectivity index (χ3n) is 4.31. The van der Waals surface area contributed by atoms with E-state index in [2.05, 4.69) is 0 Å². The number of alkyl halides is 7. The van der Waals surface area contributed by atoms with Gasteiger partial charge in [0.15, 0.2) is 0 Å². The smallest absolute Gasteiger partial charge is 0.391 e. The third kappa shape index (κ3) is 12.0. The molecule has 2 aromatic carbocycles. The van der Waals surface area contributed by atoms with Gasteiger partial charge in [-0.2, -0.15) is 26.3 Å². The highest BCUT2D eigenvalue weighted by atomic mass is 35.5. The summed E-state index contributed by atoms with van der Waals surface area (Å²) in [7, 11) is 0. The van der Waals surface area contributed by atoms with Gasteiger partial charge in [-0.3, -0.25) is 9.59 Å². The Hall–Kier alpha value is -2.26. The van der Waals surface area contributed by atoms with E-state index < -0.39 is 47.2 Å². The van der Waals surface area contributed by atoms with Crippen molar-refractivity contribution in [3.63, 3.8) is 0 Å². The molecule has 0 amide bonds. The fourth-order valence-electron chi connectivity index (χ4n) is 2.86. The van der Waals surface area contributed by atoms with E-state index in [1.54, 1.807) is 60.7 Å². The summed E-state index contributed by atoms with van der Waals surface area (Å²) in [5.74, 6) is -2.83. The number of carbonyl (C=O) groups excluding carboxylic acids is 1. The highest BCUT2D eigenvalue weighted by Gasteiger charge is 2.45. The molecular formula is C22H20Cl2F6O3. The lowest BCUT2D eigenvalue weighted by Crippen LogP contribution is -2.37. The lowest BCUT2D eigenvalue weighted by atomic mass is 9.96. The van der Waals surface area contributed by atoms with Crippen molar-refractivity contribution in [2.24, 2.45) is 5.92 Å². The van der Waals surface area contributed by atoms with Crippen LogP contribution in [-0.4, -0.2) is 33.5 Å². The SMILES string of the molecule is O=C(Cl)C(Cl)(Cc1ccccc1)CC(F)(F)F.O=C(O)C(Cc1ccccc1)CC(F)(F)F. The zero-order valence-corrected chi connectivity index (χ0v) is 18.5. The first kappa shape index (κ1) is 28.8. The first-order valence-electron chi connectivity index (χ1n) is 9.44. The van der Waals surface area contributed by atoms with Gasteiger partial charge in [0.1, 0.15) is 4.87 Å². The summed E-state index contributed by atoms with van der Waals surface area (Å²) in [5.41, 5.74) is 1.12. The van der Waals surface area contributed by atoms with Crippen LogP contribution < -0.4 is 0 Å². The van der Waals surface area contributed by atoms with Crippen LogP contribution in [0.4, 0.5) is 26.3 Å². The van der Waals surface area contributed by atoms with Gasteiger partial charge in [0, 0.05) is 6.42 Å². The molecule has 1 N–H and O–H groups in total.